The average Bonchev–Trinajstić information content (AvgIpc) is 3.00. The zero-order valence-corrected chi connectivity index (χ0v) is 11.8. The summed E-state index contributed by atoms with van der Waals surface area (Å²) in [5, 5.41) is 0. The predicted molar refractivity (Wildman–Crippen MR) is 72.2 cm³/mol. The minimum absolute atomic E-state index is 0. The first kappa shape index (κ1) is 16.7. The molecule has 102 valence electrons. The minimum Gasteiger partial charge on any atom is -0.466 e. The Labute approximate surface area is 111 Å². The molecule has 0 aromatic carbocycles. The van der Waals surface area contributed by atoms with Gasteiger partial charge < -0.3 is 10.5 Å². The molecule has 1 fully saturated rings. The van der Waals surface area contributed by atoms with E-state index in [4.69, 9.17) is 10.5 Å². The first-order chi connectivity index (χ1) is 7.61. The number of ether oxygens (including phenoxy) is 1. The van der Waals surface area contributed by atoms with Crippen LogP contribution in [0.5, 0.6) is 0 Å². The van der Waals surface area contributed by atoms with E-state index in [1.807, 2.05) is 0 Å². The van der Waals surface area contributed by atoms with Gasteiger partial charge >= 0.3 is 5.97 Å². The summed E-state index contributed by atoms with van der Waals surface area (Å²) in [4.78, 5) is 11.5. The molecule has 0 bridgehead atoms. The lowest BCUT2D eigenvalue weighted by molar-refractivity contribution is -0.145. The predicted octanol–water partition coefficient (Wildman–Crippen LogP) is 2.76. The number of hydrogen-bond donors (Lipinski definition) is 1. The summed E-state index contributed by atoms with van der Waals surface area (Å²) in [7, 11) is 0. The number of hydrogen-bond acceptors (Lipinski definition) is 3. The smallest absolute Gasteiger partial charge is 0.306 e. The fourth-order valence-corrected chi connectivity index (χ4v) is 1.97. The van der Waals surface area contributed by atoms with E-state index in [9.17, 15) is 4.79 Å². The normalized spacial score (nSPS) is 16.5. The Morgan fingerprint density at radius 1 is 1.41 bits per heavy atom. The second-order valence-electron chi connectivity index (χ2n) is 5.39. The number of esters is 1. The molecule has 0 aliphatic heterocycles. The number of carbonyl (C=O) groups is 1. The number of nitrogens with two attached hydrogens (primary N) is 1. The van der Waals surface area contributed by atoms with Crippen molar-refractivity contribution < 1.29 is 9.53 Å². The largest absolute Gasteiger partial charge is 0.466 e. The fraction of sp³-hybridized carbons (Fsp3) is 0.923. The molecule has 0 spiro atoms. The number of rotatable bonds is 8. The van der Waals surface area contributed by atoms with E-state index >= 15 is 0 Å². The number of carbonyl (C=O) groups excluding carboxylic acids is 1. The molecular weight excluding hydrogens is 238 g/mol. The van der Waals surface area contributed by atoms with Crippen molar-refractivity contribution in [2.24, 2.45) is 23.5 Å². The molecule has 0 unspecified atom stereocenters. The molecule has 1 aliphatic carbocycles. The summed E-state index contributed by atoms with van der Waals surface area (Å²) in [6.07, 6.45) is 5.17. The topological polar surface area (TPSA) is 52.3 Å². The van der Waals surface area contributed by atoms with Crippen molar-refractivity contribution in [2.45, 2.75) is 46.0 Å². The van der Waals surface area contributed by atoms with Crippen LogP contribution in [0.25, 0.3) is 0 Å². The molecule has 0 aromatic heterocycles. The Hall–Kier alpha value is -0.280. The minimum atomic E-state index is -0.0725. The molecule has 1 atom stereocenters. The maximum Gasteiger partial charge on any atom is 0.306 e. The van der Waals surface area contributed by atoms with E-state index in [-0.39, 0.29) is 24.3 Å². The van der Waals surface area contributed by atoms with Gasteiger partial charge in [0.1, 0.15) is 0 Å². The molecule has 1 aliphatic rings. The van der Waals surface area contributed by atoms with Crippen molar-refractivity contribution in [3.05, 3.63) is 0 Å². The van der Waals surface area contributed by atoms with Crippen LogP contribution < -0.4 is 5.73 Å². The van der Waals surface area contributed by atoms with Crippen molar-refractivity contribution in [1.29, 1.82) is 0 Å². The van der Waals surface area contributed by atoms with Crippen molar-refractivity contribution in [2.75, 3.05) is 13.2 Å². The second-order valence-corrected chi connectivity index (χ2v) is 5.39. The summed E-state index contributed by atoms with van der Waals surface area (Å²) in [6, 6.07) is 0. The van der Waals surface area contributed by atoms with Crippen molar-refractivity contribution in [3.8, 4) is 0 Å². The molecule has 2 N–H and O–H groups in total. The summed E-state index contributed by atoms with van der Waals surface area (Å²) < 4.78 is 5.21. The Kier molecular flexibility index (Phi) is 8.61. The SMILES string of the molecule is CC(C)C[C@H](CN)CC(=O)OCCC1CC1.Cl. The lowest BCUT2D eigenvalue weighted by atomic mass is 9.94. The van der Waals surface area contributed by atoms with Gasteiger partial charge in [-0.25, -0.2) is 0 Å². The highest BCUT2D eigenvalue weighted by atomic mass is 35.5. The highest BCUT2D eigenvalue weighted by Crippen LogP contribution is 2.32. The maximum absolute atomic E-state index is 11.5. The lowest BCUT2D eigenvalue weighted by Crippen LogP contribution is -2.21. The third kappa shape index (κ3) is 8.44. The van der Waals surface area contributed by atoms with Gasteiger partial charge in [0, 0.05) is 6.42 Å². The van der Waals surface area contributed by atoms with Crippen LogP contribution in [0.1, 0.15) is 46.0 Å². The zero-order valence-electron chi connectivity index (χ0n) is 11.0. The molecule has 1 rings (SSSR count). The van der Waals surface area contributed by atoms with Gasteiger partial charge in [-0.05, 0) is 37.1 Å². The Morgan fingerprint density at radius 2 is 2.06 bits per heavy atom. The molecule has 1 saturated carbocycles. The first-order valence-electron chi connectivity index (χ1n) is 6.47. The van der Waals surface area contributed by atoms with Gasteiger partial charge in [0.25, 0.3) is 0 Å². The van der Waals surface area contributed by atoms with Gasteiger partial charge in [-0.1, -0.05) is 26.7 Å². The van der Waals surface area contributed by atoms with Gasteiger partial charge in [-0.3, -0.25) is 4.79 Å². The van der Waals surface area contributed by atoms with Gasteiger partial charge in [0.15, 0.2) is 0 Å². The van der Waals surface area contributed by atoms with Gasteiger partial charge in [0.05, 0.1) is 6.61 Å². The van der Waals surface area contributed by atoms with Crippen LogP contribution in [-0.2, 0) is 9.53 Å². The van der Waals surface area contributed by atoms with Crippen LogP contribution in [0, 0.1) is 17.8 Å². The standard InChI is InChI=1S/C13H25NO2.ClH/c1-10(2)7-12(9-14)8-13(15)16-6-5-11-3-4-11;/h10-12H,3-9,14H2,1-2H3;1H/t12-;/m0./s1. The highest BCUT2D eigenvalue weighted by Gasteiger charge is 2.21. The third-order valence-electron chi connectivity index (χ3n) is 3.08. The van der Waals surface area contributed by atoms with Crippen LogP contribution in [-0.4, -0.2) is 19.1 Å². The first-order valence-corrected chi connectivity index (χ1v) is 6.47. The Balaban J connectivity index is 0.00000256. The van der Waals surface area contributed by atoms with E-state index in [0.29, 0.717) is 25.5 Å². The van der Waals surface area contributed by atoms with E-state index < -0.39 is 0 Å². The zero-order chi connectivity index (χ0) is 12.0. The maximum atomic E-state index is 11.5. The van der Waals surface area contributed by atoms with Crippen LogP contribution in [0.3, 0.4) is 0 Å². The summed E-state index contributed by atoms with van der Waals surface area (Å²) in [5.74, 6) is 1.63. The van der Waals surface area contributed by atoms with Gasteiger partial charge in [-0.2, -0.15) is 0 Å². The Morgan fingerprint density at radius 3 is 2.53 bits per heavy atom. The van der Waals surface area contributed by atoms with Gasteiger partial charge in [-0.15, -0.1) is 12.4 Å². The quantitative estimate of drug-likeness (QED) is 0.685. The molecule has 4 heteroatoms. The second kappa shape index (κ2) is 8.76. The Bertz CT molecular complexity index is 217. The average molecular weight is 264 g/mol. The molecule has 0 aromatic rings. The van der Waals surface area contributed by atoms with E-state index in [0.717, 1.165) is 18.8 Å². The van der Waals surface area contributed by atoms with E-state index in [2.05, 4.69) is 13.8 Å². The summed E-state index contributed by atoms with van der Waals surface area (Å²) >= 11 is 0. The molecule has 0 saturated heterocycles. The monoisotopic (exact) mass is 263 g/mol. The fourth-order valence-electron chi connectivity index (χ4n) is 1.97. The van der Waals surface area contributed by atoms with Crippen LogP contribution in [0.4, 0.5) is 0 Å². The van der Waals surface area contributed by atoms with Crippen molar-refractivity contribution in [3.63, 3.8) is 0 Å². The molecule has 0 amide bonds. The van der Waals surface area contributed by atoms with E-state index in [1.54, 1.807) is 0 Å². The molecule has 0 heterocycles. The van der Waals surface area contributed by atoms with Crippen LogP contribution in [0.2, 0.25) is 0 Å². The lowest BCUT2D eigenvalue weighted by Gasteiger charge is -2.16. The van der Waals surface area contributed by atoms with Gasteiger partial charge in [0.2, 0.25) is 0 Å². The number of halogens is 1. The van der Waals surface area contributed by atoms with Crippen molar-refractivity contribution >= 4 is 18.4 Å². The van der Waals surface area contributed by atoms with E-state index in [1.165, 1.54) is 12.8 Å². The van der Waals surface area contributed by atoms with Crippen LogP contribution in [0.15, 0.2) is 0 Å². The molecule has 0 radical (unpaired) electrons. The summed E-state index contributed by atoms with van der Waals surface area (Å²) in [6.45, 7) is 5.49. The summed E-state index contributed by atoms with van der Waals surface area (Å²) in [5.41, 5.74) is 5.65. The third-order valence-corrected chi connectivity index (χ3v) is 3.08. The highest BCUT2D eigenvalue weighted by molar-refractivity contribution is 5.85. The molecule has 17 heavy (non-hydrogen) atoms. The molecular formula is C13H26ClNO2. The molecule has 3 nitrogen and oxygen atoms in total. The van der Waals surface area contributed by atoms with Crippen molar-refractivity contribution in [1.82, 2.24) is 0 Å². The van der Waals surface area contributed by atoms with Crippen LogP contribution >= 0.6 is 12.4 Å².